The van der Waals surface area contributed by atoms with Crippen LogP contribution in [0.25, 0.3) is 0 Å². The average Bonchev–Trinajstić information content (AvgIpc) is 2.65. The number of hydrogen-bond donors (Lipinski definition) is 1. The van der Waals surface area contributed by atoms with Crippen molar-refractivity contribution in [3.63, 3.8) is 0 Å². The van der Waals surface area contributed by atoms with Crippen LogP contribution in [0.5, 0.6) is 0 Å². The SMILES string of the molecule is CC1=C(C(=O)O)CC(C)N1[C@@H](C)c1ccccc1. The van der Waals surface area contributed by atoms with Crippen LogP contribution in [0.4, 0.5) is 0 Å². The Bertz CT molecular complexity index is 479. The van der Waals surface area contributed by atoms with Crippen molar-refractivity contribution in [2.24, 2.45) is 0 Å². The maximum atomic E-state index is 11.2. The minimum Gasteiger partial charge on any atom is -0.478 e. The van der Waals surface area contributed by atoms with Gasteiger partial charge in [-0.2, -0.15) is 0 Å². The molecule has 0 saturated heterocycles. The fraction of sp³-hybridized carbons (Fsp3) is 0.400. The first kappa shape index (κ1) is 12.7. The average molecular weight is 245 g/mol. The van der Waals surface area contributed by atoms with Crippen LogP contribution in [-0.2, 0) is 4.79 Å². The minimum absolute atomic E-state index is 0.207. The highest BCUT2D eigenvalue weighted by Crippen LogP contribution is 2.36. The predicted molar refractivity (Wildman–Crippen MR) is 71.1 cm³/mol. The van der Waals surface area contributed by atoms with Gasteiger partial charge in [0.1, 0.15) is 0 Å². The summed E-state index contributed by atoms with van der Waals surface area (Å²) in [5, 5.41) is 9.19. The smallest absolute Gasteiger partial charge is 0.333 e. The third kappa shape index (κ3) is 2.13. The molecule has 0 aliphatic carbocycles. The Kier molecular flexibility index (Phi) is 3.41. The Hall–Kier alpha value is -1.77. The summed E-state index contributed by atoms with van der Waals surface area (Å²) in [6, 6.07) is 10.7. The zero-order valence-electron chi connectivity index (χ0n) is 11.1. The highest BCUT2D eigenvalue weighted by molar-refractivity contribution is 5.88. The number of carboxylic acid groups (broad SMARTS) is 1. The summed E-state index contributed by atoms with van der Waals surface area (Å²) in [4.78, 5) is 13.4. The van der Waals surface area contributed by atoms with E-state index in [9.17, 15) is 9.90 Å². The molecule has 1 N–H and O–H groups in total. The topological polar surface area (TPSA) is 40.5 Å². The van der Waals surface area contributed by atoms with Crippen molar-refractivity contribution in [3.8, 4) is 0 Å². The first-order valence-corrected chi connectivity index (χ1v) is 6.28. The van der Waals surface area contributed by atoms with Gasteiger partial charge in [-0.15, -0.1) is 0 Å². The molecule has 1 aliphatic heterocycles. The number of carboxylic acids is 1. The summed E-state index contributed by atoms with van der Waals surface area (Å²) in [7, 11) is 0. The molecular weight excluding hydrogens is 226 g/mol. The second-order valence-electron chi connectivity index (χ2n) is 4.92. The highest BCUT2D eigenvalue weighted by atomic mass is 16.4. The molecule has 0 aromatic heterocycles. The largest absolute Gasteiger partial charge is 0.478 e. The number of nitrogens with zero attached hydrogens (tertiary/aromatic N) is 1. The van der Waals surface area contributed by atoms with Gasteiger partial charge in [0, 0.05) is 18.2 Å². The molecule has 3 heteroatoms. The van der Waals surface area contributed by atoms with Gasteiger partial charge in [-0.3, -0.25) is 0 Å². The maximum Gasteiger partial charge on any atom is 0.333 e. The molecule has 0 bridgehead atoms. The van der Waals surface area contributed by atoms with E-state index in [1.54, 1.807) is 0 Å². The molecule has 0 spiro atoms. The van der Waals surface area contributed by atoms with E-state index in [0.29, 0.717) is 12.0 Å². The Morgan fingerprint density at radius 2 is 2.00 bits per heavy atom. The molecule has 0 amide bonds. The van der Waals surface area contributed by atoms with E-state index < -0.39 is 5.97 Å². The van der Waals surface area contributed by atoms with Crippen molar-refractivity contribution < 1.29 is 9.90 Å². The van der Waals surface area contributed by atoms with Gasteiger partial charge in [-0.25, -0.2) is 4.79 Å². The van der Waals surface area contributed by atoms with Gasteiger partial charge in [0.2, 0.25) is 0 Å². The van der Waals surface area contributed by atoms with Gasteiger partial charge in [0.05, 0.1) is 11.6 Å². The quantitative estimate of drug-likeness (QED) is 0.889. The summed E-state index contributed by atoms with van der Waals surface area (Å²) in [6.07, 6.45) is 0.623. The monoisotopic (exact) mass is 245 g/mol. The van der Waals surface area contributed by atoms with E-state index in [1.165, 1.54) is 5.56 Å². The van der Waals surface area contributed by atoms with E-state index in [1.807, 2.05) is 25.1 Å². The van der Waals surface area contributed by atoms with Crippen molar-refractivity contribution >= 4 is 5.97 Å². The van der Waals surface area contributed by atoms with Crippen LogP contribution < -0.4 is 0 Å². The van der Waals surface area contributed by atoms with Gasteiger partial charge in [0.15, 0.2) is 0 Å². The van der Waals surface area contributed by atoms with Crippen molar-refractivity contribution in [1.82, 2.24) is 4.90 Å². The predicted octanol–water partition coefficient (Wildman–Crippen LogP) is 3.20. The third-order valence-electron chi connectivity index (χ3n) is 3.76. The van der Waals surface area contributed by atoms with Crippen LogP contribution in [0, 0.1) is 0 Å². The molecule has 0 fully saturated rings. The molecule has 2 rings (SSSR count). The van der Waals surface area contributed by atoms with Crippen LogP contribution >= 0.6 is 0 Å². The lowest BCUT2D eigenvalue weighted by Gasteiger charge is -2.33. The van der Waals surface area contributed by atoms with Crippen molar-refractivity contribution in [3.05, 3.63) is 47.2 Å². The Labute approximate surface area is 108 Å². The zero-order valence-corrected chi connectivity index (χ0v) is 11.1. The molecule has 1 heterocycles. The van der Waals surface area contributed by atoms with E-state index in [2.05, 4.69) is 30.9 Å². The first-order chi connectivity index (χ1) is 8.52. The minimum atomic E-state index is -0.790. The van der Waals surface area contributed by atoms with Gasteiger partial charge >= 0.3 is 5.97 Å². The Morgan fingerprint density at radius 3 is 2.50 bits per heavy atom. The number of aliphatic carboxylic acids is 1. The second kappa shape index (κ2) is 4.84. The normalized spacial score (nSPS) is 21.3. The second-order valence-corrected chi connectivity index (χ2v) is 4.92. The molecule has 2 atom stereocenters. The maximum absolute atomic E-state index is 11.2. The highest BCUT2D eigenvalue weighted by Gasteiger charge is 2.32. The van der Waals surface area contributed by atoms with E-state index >= 15 is 0 Å². The van der Waals surface area contributed by atoms with E-state index in [4.69, 9.17) is 0 Å². The molecule has 1 aromatic carbocycles. The fourth-order valence-electron chi connectivity index (χ4n) is 2.83. The van der Waals surface area contributed by atoms with Gasteiger partial charge in [0.25, 0.3) is 0 Å². The molecule has 18 heavy (non-hydrogen) atoms. The summed E-state index contributed by atoms with van der Waals surface area (Å²) < 4.78 is 0. The van der Waals surface area contributed by atoms with Crippen LogP contribution in [0.3, 0.4) is 0 Å². The number of hydrogen-bond acceptors (Lipinski definition) is 2. The lowest BCUT2D eigenvalue weighted by molar-refractivity contribution is -0.132. The molecule has 1 aromatic rings. The molecule has 1 aliphatic rings. The lowest BCUT2D eigenvalue weighted by atomic mass is 10.1. The summed E-state index contributed by atoms with van der Waals surface area (Å²) in [6.45, 7) is 6.12. The molecule has 96 valence electrons. The van der Waals surface area contributed by atoms with Crippen molar-refractivity contribution in [2.75, 3.05) is 0 Å². The van der Waals surface area contributed by atoms with Crippen LogP contribution in [0.15, 0.2) is 41.6 Å². The van der Waals surface area contributed by atoms with Crippen LogP contribution in [0.1, 0.15) is 38.8 Å². The molecule has 0 radical (unpaired) electrons. The Morgan fingerprint density at radius 1 is 1.39 bits per heavy atom. The van der Waals surface area contributed by atoms with Gasteiger partial charge < -0.3 is 10.0 Å². The van der Waals surface area contributed by atoms with E-state index in [-0.39, 0.29) is 12.1 Å². The number of rotatable bonds is 3. The number of allylic oxidation sites excluding steroid dienone is 1. The van der Waals surface area contributed by atoms with Gasteiger partial charge in [-0.05, 0) is 26.3 Å². The third-order valence-corrected chi connectivity index (χ3v) is 3.76. The van der Waals surface area contributed by atoms with Crippen LogP contribution in [-0.4, -0.2) is 22.0 Å². The molecular formula is C15H19NO2. The molecule has 1 unspecified atom stereocenters. The first-order valence-electron chi connectivity index (χ1n) is 6.28. The van der Waals surface area contributed by atoms with Gasteiger partial charge in [-0.1, -0.05) is 30.3 Å². The standard InChI is InChI=1S/C15H19NO2/c1-10-9-14(15(17)18)12(3)16(10)11(2)13-7-5-4-6-8-13/h4-8,10-11H,9H2,1-3H3,(H,17,18)/t10?,11-/m0/s1. The molecule has 0 saturated carbocycles. The van der Waals surface area contributed by atoms with E-state index in [0.717, 1.165) is 5.70 Å². The van der Waals surface area contributed by atoms with Crippen molar-refractivity contribution in [2.45, 2.75) is 39.3 Å². The summed E-state index contributed by atoms with van der Waals surface area (Å²) in [5.74, 6) is -0.790. The number of benzene rings is 1. The Balaban J connectivity index is 2.31. The lowest BCUT2D eigenvalue weighted by Crippen LogP contribution is -2.29. The molecule has 3 nitrogen and oxygen atoms in total. The number of carbonyl (C=O) groups is 1. The summed E-state index contributed by atoms with van der Waals surface area (Å²) >= 11 is 0. The summed E-state index contributed by atoms with van der Waals surface area (Å²) in [5.41, 5.74) is 2.66. The van der Waals surface area contributed by atoms with Crippen molar-refractivity contribution in [1.29, 1.82) is 0 Å². The van der Waals surface area contributed by atoms with Crippen LogP contribution in [0.2, 0.25) is 0 Å². The zero-order chi connectivity index (χ0) is 13.3. The fourth-order valence-corrected chi connectivity index (χ4v) is 2.83.